The molecule has 0 aliphatic heterocycles. The first-order valence-corrected chi connectivity index (χ1v) is 6.60. The van der Waals surface area contributed by atoms with Gasteiger partial charge < -0.3 is 15.0 Å². The number of aromatic nitrogens is 1. The van der Waals surface area contributed by atoms with Gasteiger partial charge in [-0.05, 0) is 18.9 Å². The van der Waals surface area contributed by atoms with Crippen LogP contribution in [0.3, 0.4) is 0 Å². The van der Waals surface area contributed by atoms with Gasteiger partial charge in [0.1, 0.15) is 5.69 Å². The molecule has 0 aliphatic carbocycles. The smallest absolute Gasteiger partial charge is 0.239 e. The SMILES string of the molecule is CCCC(CC)Nc1c(N(C)C)ccnc1OC. The summed E-state index contributed by atoms with van der Waals surface area (Å²) < 4.78 is 5.36. The van der Waals surface area contributed by atoms with E-state index in [9.17, 15) is 0 Å². The number of rotatable bonds is 7. The Morgan fingerprint density at radius 2 is 2.11 bits per heavy atom. The fraction of sp³-hybridized carbons (Fsp3) is 0.643. The van der Waals surface area contributed by atoms with Gasteiger partial charge in [0.05, 0.1) is 12.8 Å². The monoisotopic (exact) mass is 251 g/mol. The second-order valence-electron chi connectivity index (χ2n) is 4.65. The predicted octanol–water partition coefficient (Wildman–Crippen LogP) is 3.15. The maximum atomic E-state index is 5.36. The second kappa shape index (κ2) is 7.09. The van der Waals surface area contributed by atoms with Crippen LogP contribution in [0.2, 0.25) is 0 Å². The van der Waals surface area contributed by atoms with Crippen LogP contribution in [0.5, 0.6) is 5.88 Å². The van der Waals surface area contributed by atoms with E-state index in [1.165, 1.54) is 6.42 Å². The number of nitrogens with one attached hydrogen (secondary N) is 1. The molecule has 1 unspecified atom stereocenters. The maximum Gasteiger partial charge on any atom is 0.239 e. The lowest BCUT2D eigenvalue weighted by Gasteiger charge is -2.24. The van der Waals surface area contributed by atoms with Crippen molar-refractivity contribution in [2.24, 2.45) is 0 Å². The molecule has 0 saturated heterocycles. The van der Waals surface area contributed by atoms with Crippen molar-refractivity contribution in [3.63, 3.8) is 0 Å². The van der Waals surface area contributed by atoms with E-state index in [0.717, 1.165) is 24.2 Å². The van der Waals surface area contributed by atoms with E-state index < -0.39 is 0 Å². The number of methoxy groups -OCH3 is 1. The van der Waals surface area contributed by atoms with Crippen molar-refractivity contribution in [2.75, 3.05) is 31.4 Å². The molecule has 0 amide bonds. The first-order valence-electron chi connectivity index (χ1n) is 6.60. The fourth-order valence-electron chi connectivity index (χ4n) is 2.03. The van der Waals surface area contributed by atoms with Gasteiger partial charge in [-0.15, -0.1) is 0 Å². The molecule has 0 fully saturated rings. The zero-order valence-corrected chi connectivity index (χ0v) is 12.2. The summed E-state index contributed by atoms with van der Waals surface area (Å²) in [5, 5.41) is 3.57. The van der Waals surface area contributed by atoms with Crippen molar-refractivity contribution in [1.29, 1.82) is 0 Å². The molecule has 1 aromatic heterocycles. The van der Waals surface area contributed by atoms with Gasteiger partial charge in [0.25, 0.3) is 0 Å². The van der Waals surface area contributed by atoms with Crippen molar-refractivity contribution in [3.05, 3.63) is 12.3 Å². The molecule has 1 atom stereocenters. The van der Waals surface area contributed by atoms with Crippen LogP contribution in [-0.4, -0.2) is 32.2 Å². The normalized spacial score (nSPS) is 12.1. The standard InChI is InChI=1S/C14H25N3O/c1-6-8-11(7-2)16-13-12(17(3)4)9-10-15-14(13)18-5/h9-11,16H,6-8H2,1-5H3. The molecular formula is C14H25N3O. The number of hydrogen-bond donors (Lipinski definition) is 1. The van der Waals surface area contributed by atoms with Gasteiger partial charge in [-0.3, -0.25) is 0 Å². The Balaban J connectivity index is 3.03. The van der Waals surface area contributed by atoms with E-state index >= 15 is 0 Å². The van der Waals surface area contributed by atoms with Crippen LogP contribution in [0.15, 0.2) is 12.3 Å². The summed E-state index contributed by atoms with van der Waals surface area (Å²) >= 11 is 0. The summed E-state index contributed by atoms with van der Waals surface area (Å²) in [5.74, 6) is 0.663. The summed E-state index contributed by atoms with van der Waals surface area (Å²) in [6, 6.07) is 2.47. The van der Waals surface area contributed by atoms with Gasteiger partial charge in [0.2, 0.25) is 5.88 Å². The quantitative estimate of drug-likeness (QED) is 0.808. The van der Waals surface area contributed by atoms with E-state index in [4.69, 9.17) is 4.74 Å². The lowest BCUT2D eigenvalue weighted by molar-refractivity contribution is 0.399. The summed E-state index contributed by atoms with van der Waals surface area (Å²) in [6.07, 6.45) is 5.20. The molecule has 1 heterocycles. The van der Waals surface area contributed by atoms with Crippen molar-refractivity contribution in [1.82, 2.24) is 4.98 Å². The lowest BCUT2D eigenvalue weighted by Crippen LogP contribution is -2.21. The first-order chi connectivity index (χ1) is 8.63. The van der Waals surface area contributed by atoms with Crippen LogP contribution in [0.1, 0.15) is 33.1 Å². The Kier molecular flexibility index (Phi) is 5.75. The van der Waals surface area contributed by atoms with E-state index in [2.05, 4.69) is 29.0 Å². The molecule has 0 spiro atoms. The highest BCUT2D eigenvalue weighted by molar-refractivity contribution is 5.74. The molecule has 18 heavy (non-hydrogen) atoms. The number of anilines is 2. The van der Waals surface area contributed by atoms with Crippen LogP contribution >= 0.6 is 0 Å². The molecule has 4 nitrogen and oxygen atoms in total. The van der Waals surface area contributed by atoms with Gasteiger partial charge in [-0.2, -0.15) is 0 Å². The van der Waals surface area contributed by atoms with Crippen molar-refractivity contribution in [3.8, 4) is 5.88 Å². The molecule has 4 heteroatoms. The highest BCUT2D eigenvalue weighted by Crippen LogP contribution is 2.33. The van der Waals surface area contributed by atoms with Crippen LogP contribution in [0.25, 0.3) is 0 Å². The first kappa shape index (κ1) is 14.6. The van der Waals surface area contributed by atoms with Crippen LogP contribution in [0, 0.1) is 0 Å². The third-order valence-corrected chi connectivity index (χ3v) is 3.05. The Morgan fingerprint density at radius 1 is 1.39 bits per heavy atom. The van der Waals surface area contributed by atoms with Crippen molar-refractivity contribution >= 4 is 11.4 Å². The molecule has 102 valence electrons. The average molecular weight is 251 g/mol. The summed E-state index contributed by atoms with van der Waals surface area (Å²) in [6.45, 7) is 4.41. The minimum atomic E-state index is 0.465. The maximum absolute atomic E-state index is 5.36. The topological polar surface area (TPSA) is 37.4 Å². The minimum absolute atomic E-state index is 0.465. The average Bonchev–Trinajstić information content (AvgIpc) is 2.37. The third-order valence-electron chi connectivity index (χ3n) is 3.05. The van der Waals surface area contributed by atoms with E-state index in [1.807, 2.05) is 20.2 Å². The van der Waals surface area contributed by atoms with E-state index in [-0.39, 0.29) is 0 Å². The van der Waals surface area contributed by atoms with Crippen molar-refractivity contribution < 1.29 is 4.74 Å². The zero-order valence-electron chi connectivity index (χ0n) is 12.2. The number of nitrogens with zero attached hydrogens (tertiary/aromatic N) is 2. The molecule has 0 aliphatic rings. The summed E-state index contributed by atoms with van der Waals surface area (Å²) in [5.41, 5.74) is 2.10. The number of ether oxygens (including phenoxy) is 1. The molecule has 0 aromatic carbocycles. The van der Waals surface area contributed by atoms with Crippen LogP contribution < -0.4 is 15.0 Å². The summed E-state index contributed by atoms with van der Waals surface area (Å²) in [7, 11) is 5.72. The Bertz CT molecular complexity index is 366. The Labute approximate surface area is 110 Å². The molecule has 0 radical (unpaired) electrons. The molecule has 0 bridgehead atoms. The lowest BCUT2D eigenvalue weighted by atomic mass is 10.1. The van der Waals surface area contributed by atoms with Gasteiger partial charge in [0.15, 0.2) is 0 Å². The van der Waals surface area contributed by atoms with Gasteiger partial charge in [-0.1, -0.05) is 20.3 Å². The third kappa shape index (κ3) is 3.52. The largest absolute Gasteiger partial charge is 0.479 e. The highest BCUT2D eigenvalue weighted by atomic mass is 16.5. The Hall–Kier alpha value is -1.45. The number of pyridine rings is 1. The van der Waals surface area contributed by atoms with Gasteiger partial charge in [0, 0.05) is 26.3 Å². The molecule has 0 saturated carbocycles. The van der Waals surface area contributed by atoms with Crippen LogP contribution in [-0.2, 0) is 0 Å². The minimum Gasteiger partial charge on any atom is -0.479 e. The molecular weight excluding hydrogens is 226 g/mol. The van der Waals surface area contributed by atoms with E-state index in [1.54, 1.807) is 13.3 Å². The van der Waals surface area contributed by atoms with Crippen LogP contribution in [0.4, 0.5) is 11.4 Å². The molecule has 1 N–H and O–H groups in total. The van der Waals surface area contributed by atoms with Crippen molar-refractivity contribution in [2.45, 2.75) is 39.2 Å². The summed E-state index contributed by atoms with van der Waals surface area (Å²) in [4.78, 5) is 6.35. The zero-order chi connectivity index (χ0) is 13.5. The second-order valence-corrected chi connectivity index (χ2v) is 4.65. The van der Waals surface area contributed by atoms with Gasteiger partial charge in [-0.25, -0.2) is 4.98 Å². The number of hydrogen-bond acceptors (Lipinski definition) is 4. The molecule has 1 rings (SSSR count). The Morgan fingerprint density at radius 3 is 2.61 bits per heavy atom. The fourth-order valence-corrected chi connectivity index (χ4v) is 2.03. The van der Waals surface area contributed by atoms with E-state index in [0.29, 0.717) is 11.9 Å². The highest BCUT2D eigenvalue weighted by Gasteiger charge is 2.15. The molecule has 1 aromatic rings. The predicted molar refractivity (Wildman–Crippen MR) is 77.7 cm³/mol. The van der Waals surface area contributed by atoms with Gasteiger partial charge >= 0.3 is 0 Å².